The minimum Gasteiger partial charge on any atom is -0.345 e. The summed E-state index contributed by atoms with van der Waals surface area (Å²) in [5.41, 5.74) is 3.79. The van der Waals surface area contributed by atoms with Crippen molar-refractivity contribution in [3.05, 3.63) is 106 Å². The second-order valence-electron chi connectivity index (χ2n) is 9.00. The number of carbonyl (C=O) groups excluding carboxylic acids is 2. The number of carbonyl (C=O) groups is 2. The van der Waals surface area contributed by atoms with Crippen LogP contribution >= 0.6 is 23.4 Å². The molecule has 6 heteroatoms. The van der Waals surface area contributed by atoms with E-state index >= 15 is 0 Å². The van der Waals surface area contributed by atoms with Crippen LogP contribution in [0.2, 0.25) is 5.02 Å². The molecule has 34 heavy (non-hydrogen) atoms. The zero-order chi connectivity index (χ0) is 24.1. The van der Waals surface area contributed by atoms with Crippen molar-refractivity contribution in [1.29, 1.82) is 0 Å². The van der Waals surface area contributed by atoms with E-state index in [-0.39, 0.29) is 23.2 Å². The summed E-state index contributed by atoms with van der Waals surface area (Å²) in [6.07, 6.45) is 0.869. The van der Waals surface area contributed by atoms with Gasteiger partial charge in [-0.25, -0.2) is 0 Å². The van der Waals surface area contributed by atoms with Gasteiger partial charge in [0.15, 0.2) is 0 Å². The Morgan fingerprint density at radius 2 is 1.71 bits per heavy atom. The highest BCUT2D eigenvalue weighted by molar-refractivity contribution is 8.00. The maximum absolute atomic E-state index is 13.0. The average molecular weight is 493 g/mol. The molecular weight excluding hydrogens is 464 g/mol. The van der Waals surface area contributed by atoms with Crippen LogP contribution < -0.4 is 5.32 Å². The van der Waals surface area contributed by atoms with Gasteiger partial charge in [-0.05, 0) is 53.3 Å². The van der Waals surface area contributed by atoms with Crippen molar-refractivity contribution in [3.8, 4) is 0 Å². The van der Waals surface area contributed by atoms with Crippen molar-refractivity contribution in [1.82, 2.24) is 10.2 Å². The SMILES string of the molecule is CC(C)C[C@H](NC(=O)c1ccc([C@H]2SCC(=O)N2Cc2ccc(Cl)cc2)cc1)c1ccccc1. The van der Waals surface area contributed by atoms with Crippen LogP contribution in [0, 0.1) is 5.92 Å². The molecule has 1 aliphatic rings. The van der Waals surface area contributed by atoms with Gasteiger partial charge < -0.3 is 10.2 Å². The van der Waals surface area contributed by atoms with Crippen LogP contribution in [0.15, 0.2) is 78.9 Å². The lowest BCUT2D eigenvalue weighted by atomic mass is 9.96. The quantitative estimate of drug-likeness (QED) is 0.384. The van der Waals surface area contributed by atoms with Crippen molar-refractivity contribution < 1.29 is 9.59 Å². The van der Waals surface area contributed by atoms with Crippen LogP contribution in [-0.4, -0.2) is 22.5 Å². The zero-order valence-corrected chi connectivity index (χ0v) is 21.0. The molecule has 1 saturated heterocycles. The molecule has 0 radical (unpaired) electrons. The second-order valence-corrected chi connectivity index (χ2v) is 10.5. The first-order chi connectivity index (χ1) is 16.4. The number of benzene rings is 3. The number of nitrogens with zero attached hydrogens (tertiary/aromatic N) is 1. The molecule has 2 amide bonds. The summed E-state index contributed by atoms with van der Waals surface area (Å²) in [5.74, 6) is 0.936. The fourth-order valence-corrected chi connectivity index (χ4v) is 5.48. The fraction of sp³-hybridized carbons (Fsp3) is 0.286. The van der Waals surface area contributed by atoms with Crippen LogP contribution in [-0.2, 0) is 11.3 Å². The Morgan fingerprint density at radius 1 is 1.03 bits per heavy atom. The van der Waals surface area contributed by atoms with E-state index in [1.165, 1.54) is 0 Å². The van der Waals surface area contributed by atoms with Gasteiger partial charge in [0.1, 0.15) is 5.37 Å². The van der Waals surface area contributed by atoms with Crippen molar-refractivity contribution in [2.45, 2.75) is 38.2 Å². The molecular formula is C28H29ClN2O2S. The molecule has 0 spiro atoms. The van der Waals surface area contributed by atoms with Crippen molar-refractivity contribution in [2.75, 3.05) is 5.75 Å². The van der Waals surface area contributed by atoms with Crippen LogP contribution in [0.1, 0.15) is 58.7 Å². The smallest absolute Gasteiger partial charge is 0.251 e. The van der Waals surface area contributed by atoms with E-state index < -0.39 is 0 Å². The van der Waals surface area contributed by atoms with E-state index in [1.807, 2.05) is 71.6 Å². The van der Waals surface area contributed by atoms with E-state index in [1.54, 1.807) is 11.8 Å². The van der Waals surface area contributed by atoms with E-state index in [0.29, 0.717) is 28.8 Å². The van der Waals surface area contributed by atoms with Gasteiger partial charge >= 0.3 is 0 Å². The normalized spacial score (nSPS) is 16.6. The van der Waals surface area contributed by atoms with Gasteiger partial charge in [-0.3, -0.25) is 9.59 Å². The summed E-state index contributed by atoms with van der Waals surface area (Å²) in [5, 5.41) is 3.81. The zero-order valence-electron chi connectivity index (χ0n) is 19.4. The molecule has 4 rings (SSSR count). The van der Waals surface area contributed by atoms with Gasteiger partial charge in [0.2, 0.25) is 5.91 Å². The van der Waals surface area contributed by atoms with E-state index in [4.69, 9.17) is 11.6 Å². The molecule has 0 saturated carbocycles. The maximum atomic E-state index is 13.0. The molecule has 0 bridgehead atoms. The lowest BCUT2D eigenvalue weighted by Crippen LogP contribution is -2.29. The Labute approximate surface area is 210 Å². The highest BCUT2D eigenvalue weighted by Crippen LogP contribution is 2.39. The number of halogens is 1. The van der Waals surface area contributed by atoms with Crippen molar-refractivity contribution >= 4 is 35.2 Å². The summed E-state index contributed by atoms with van der Waals surface area (Å²) in [7, 11) is 0. The van der Waals surface area contributed by atoms with Crippen LogP contribution in [0.25, 0.3) is 0 Å². The first kappa shape index (κ1) is 24.4. The third-order valence-electron chi connectivity index (χ3n) is 5.91. The molecule has 0 unspecified atom stereocenters. The first-order valence-electron chi connectivity index (χ1n) is 11.5. The lowest BCUT2D eigenvalue weighted by Gasteiger charge is -2.25. The van der Waals surface area contributed by atoms with Crippen LogP contribution in [0.5, 0.6) is 0 Å². The predicted molar refractivity (Wildman–Crippen MR) is 140 cm³/mol. The Kier molecular flexibility index (Phi) is 7.96. The number of thioether (sulfide) groups is 1. The minimum absolute atomic E-state index is 0.0359. The summed E-state index contributed by atoms with van der Waals surface area (Å²) in [6.45, 7) is 4.85. The molecule has 176 valence electrons. The Bertz CT molecular complexity index is 1120. The van der Waals surface area contributed by atoms with E-state index in [2.05, 4.69) is 31.3 Å². The number of hydrogen-bond donors (Lipinski definition) is 1. The van der Waals surface area contributed by atoms with Gasteiger partial charge in [0.05, 0.1) is 11.8 Å². The highest BCUT2D eigenvalue weighted by atomic mass is 35.5. The Morgan fingerprint density at radius 3 is 2.35 bits per heavy atom. The average Bonchev–Trinajstić information content (AvgIpc) is 3.20. The first-order valence-corrected chi connectivity index (χ1v) is 12.9. The maximum Gasteiger partial charge on any atom is 0.251 e. The monoisotopic (exact) mass is 492 g/mol. The number of rotatable bonds is 8. The van der Waals surface area contributed by atoms with Gasteiger partial charge in [0, 0.05) is 17.1 Å². The van der Waals surface area contributed by atoms with Gasteiger partial charge in [-0.15, -0.1) is 11.8 Å². The minimum atomic E-state index is -0.0887. The molecule has 1 heterocycles. The largest absolute Gasteiger partial charge is 0.345 e. The van der Waals surface area contributed by atoms with Crippen molar-refractivity contribution in [3.63, 3.8) is 0 Å². The van der Waals surface area contributed by atoms with Gasteiger partial charge in [0.25, 0.3) is 5.91 Å². The molecule has 2 atom stereocenters. The van der Waals surface area contributed by atoms with E-state index in [0.717, 1.165) is 23.1 Å². The molecule has 0 aliphatic carbocycles. The Hall–Kier alpha value is -2.76. The van der Waals surface area contributed by atoms with Gasteiger partial charge in [-0.1, -0.05) is 80.0 Å². The predicted octanol–water partition coefficient (Wildman–Crippen LogP) is 6.63. The molecule has 1 aliphatic heterocycles. The third-order valence-corrected chi connectivity index (χ3v) is 7.41. The second kappa shape index (κ2) is 11.1. The number of nitrogens with one attached hydrogen (secondary N) is 1. The highest BCUT2D eigenvalue weighted by Gasteiger charge is 2.32. The summed E-state index contributed by atoms with van der Waals surface area (Å²) >= 11 is 7.61. The summed E-state index contributed by atoms with van der Waals surface area (Å²) in [6, 6.07) is 25.3. The molecule has 4 nitrogen and oxygen atoms in total. The molecule has 3 aromatic carbocycles. The number of hydrogen-bond acceptors (Lipinski definition) is 3. The Balaban J connectivity index is 1.46. The fourth-order valence-electron chi connectivity index (χ4n) is 4.16. The van der Waals surface area contributed by atoms with Crippen molar-refractivity contribution in [2.24, 2.45) is 5.92 Å². The molecule has 3 aromatic rings. The summed E-state index contributed by atoms with van der Waals surface area (Å²) < 4.78 is 0. The van der Waals surface area contributed by atoms with Gasteiger partial charge in [-0.2, -0.15) is 0 Å². The van der Waals surface area contributed by atoms with Crippen LogP contribution in [0.3, 0.4) is 0 Å². The lowest BCUT2D eigenvalue weighted by molar-refractivity contribution is -0.128. The molecule has 1 N–H and O–H groups in total. The molecule has 0 aromatic heterocycles. The topological polar surface area (TPSA) is 49.4 Å². The van der Waals surface area contributed by atoms with Crippen LogP contribution in [0.4, 0.5) is 0 Å². The third kappa shape index (κ3) is 6.02. The van der Waals surface area contributed by atoms with E-state index in [9.17, 15) is 9.59 Å². The molecule has 1 fully saturated rings. The number of amides is 2. The standard InChI is InChI=1S/C28H29ClN2O2S/c1-19(2)16-25(21-6-4-3-5-7-21)30-27(33)22-10-12-23(13-11-22)28-31(26(32)18-34-28)17-20-8-14-24(29)15-9-20/h3-15,19,25,28H,16-18H2,1-2H3,(H,30,33)/t25-,28+/m0/s1. The summed E-state index contributed by atoms with van der Waals surface area (Å²) in [4.78, 5) is 27.5.